The summed E-state index contributed by atoms with van der Waals surface area (Å²) in [7, 11) is 0. The first-order valence-corrected chi connectivity index (χ1v) is 10.7. The summed E-state index contributed by atoms with van der Waals surface area (Å²) in [5.74, 6) is 2.51. The van der Waals surface area contributed by atoms with Crippen molar-refractivity contribution in [2.45, 2.75) is 39.8 Å². The maximum absolute atomic E-state index is 13.1. The molecule has 1 unspecified atom stereocenters. The van der Waals surface area contributed by atoms with E-state index < -0.39 is 6.10 Å². The van der Waals surface area contributed by atoms with Crippen LogP contribution >= 0.6 is 0 Å². The fourth-order valence-electron chi connectivity index (χ4n) is 3.94. The Morgan fingerprint density at radius 1 is 1.07 bits per heavy atom. The van der Waals surface area contributed by atoms with E-state index >= 15 is 0 Å². The number of benzene rings is 2. The monoisotopic (exact) mass is 410 g/mol. The maximum Gasteiger partial charge on any atom is 0.263 e. The van der Waals surface area contributed by atoms with E-state index in [1.165, 1.54) is 11.1 Å². The molecule has 2 aromatic carbocycles. The number of carbonyl (C=O) groups excluding carboxylic acids is 1. The number of ether oxygens (including phenoxy) is 3. The SMILES string of the molecule is CCC(Oc1cccc(C)c1C)C(=O)N1CCN(Cc2ccc3c(c2)OCO3)CC1. The summed E-state index contributed by atoms with van der Waals surface area (Å²) >= 11 is 0. The summed E-state index contributed by atoms with van der Waals surface area (Å²) in [6, 6.07) is 12.1. The average Bonchev–Trinajstić information content (AvgIpc) is 3.23. The highest BCUT2D eigenvalue weighted by Gasteiger charge is 2.28. The Balaban J connectivity index is 1.32. The minimum Gasteiger partial charge on any atom is -0.480 e. The Hall–Kier alpha value is -2.73. The van der Waals surface area contributed by atoms with Crippen LogP contribution in [0.4, 0.5) is 0 Å². The molecule has 0 radical (unpaired) electrons. The number of fused-ring (bicyclic) bond motifs is 1. The zero-order valence-electron chi connectivity index (χ0n) is 18.0. The highest BCUT2D eigenvalue weighted by Crippen LogP contribution is 2.33. The fourth-order valence-corrected chi connectivity index (χ4v) is 3.94. The first-order chi connectivity index (χ1) is 14.5. The summed E-state index contributed by atoms with van der Waals surface area (Å²) in [5.41, 5.74) is 3.47. The normalized spacial score (nSPS) is 17.1. The number of piperazine rings is 1. The minimum absolute atomic E-state index is 0.0844. The molecule has 6 nitrogen and oxygen atoms in total. The summed E-state index contributed by atoms with van der Waals surface area (Å²) in [4.78, 5) is 17.4. The second-order valence-electron chi connectivity index (χ2n) is 8.00. The molecule has 1 atom stereocenters. The van der Waals surface area contributed by atoms with Gasteiger partial charge in [0, 0.05) is 32.7 Å². The third kappa shape index (κ3) is 4.38. The van der Waals surface area contributed by atoms with Gasteiger partial charge < -0.3 is 19.1 Å². The molecule has 0 aromatic heterocycles. The van der Waals surface area contributed by atoms with Crippen molar-refractivity contribution in [1.29, 1.82) is 0 Å². The number of amides is 1. The zero-order valence-corrected chi connectivity index (χ0v) is 18.0. The van der Waals surface area contributed by atoms with Crippen LogP contribution in [0.1, 0.15) is 30.0 Å². The van der Waals surface area contributed by atoms with Gasteiger partial charge in [-0.3, -0.25) is 9.69 Å². The summed E-state index contributed by atoms with van der Waals surface area (Å²) in [6.07, 6.45) is 0.217. The van der Waals surface area contributed by atoms with Crippen LogP contribution in [0.2, 0.25) is 0 Å². The van der Waals surface area contributed by atoms with Gasteiger partial charge in [0.2, 0.25) is 6.79 Å². The lowest BCUT2D eigenvalue weighted by Crippen LogP contribution is -2.52. The van der Waals surface area contributed by atoms with E-state index in [4.69, 9.17) is 14.2 Å². The van der Waals surface area contributed by atoms with E-state index in [1.54, 1.807) is 0 Å². The molecule has 0 aliphatic carbocycles. The zero-order chi connectivity index (χ0) is 21.1. The molecule has 2 aliphatic rings. The Morgan fingerprint density at radius 2 is 1.83 bits per heavy atom. The lowest BCUT2D eigenvalue weighted by atomic mass is 10.1. The van der Waals surface area contributed by atoms with E-state index in [-0.39, 0.29) is 5.91 Å². The molecule has 2 heterocycles. The van der Waals surface area contributed by atoms with Crippen molar-refractivity contribution in [3.8, 4) is 17.2 Å². The Kier molecular flexibility index (Phi) is 6.13. The molecule has 2 aliphatic heterocycles. The van der Waals surface area contributed by atoms with Gasteiger partial charge in [0.05, 0.1) is 0 Å². The number of nitrogens with zero attached hydrogens (tertiary/aromatic N) is 2. The van der Waals surface area contributed by atoms with Gasteiger partial charge in [-0.25, -0.2) is 0 Å². The van der Waals surface area contributed by atoms with Crippen molar-refractivity contribution >= 4 is 5.91 Å². The van der Waals surface area contributed by atoms with Crippen molar-refractivity contribution in [3.05, 3.63) is 53.1 Å². The molecule has 2 aromatic rings. The van der Waals surface area contributed by atoms with E-state index in [0.717, 1.165) is 55.5 Å². The van der Waals surface area contributed by atoms with Crippen LogP contribution in [0.5, 0.6) is 17.2 Å². The van der Waals surface area contributed by atoms with Crippen molar-refractivity contribution in [2.75, 3.05) is 33.0 Å². The van der Waals surface area contributed by atoms with E-state index in [9.17, 15) is 4.79 Å². The molecule has 1 saturated heterocycles. The van der Waals surface area contributed by atoms with Crippen LogP contribution in [0, 0.1) is 13.8 Å². The Morgan fingerprint density at radius 3 is 2.60 bits per heavy atom. The van der Waals surface area contributed by atoms with Crippen LogP contribution < -0.4 is 14.2 Å². The summed E-state index contributed by atoms with van der Waals surface area (Å²) < 4.78 is 17.0. The second kappa shape index (κ2) is 8.96. The van der Waals surface area contributed by atoms with Crippen LogP contribution in [0.15, 0.2) is 36.4 Å². The van der Waals surface area contributed by atoms with Gasteiger partial charge in [-0.15, -0.1) is 0 Å². The molecule has 0 N–H and O–H groups in total. The van der Waals surface area contributed by atoms with Gasteiger partial charge in [-0.2, -0.15) is 0 Å². The van der Waals surface area contributed by atoms with Crippen LogP contribution in [0.3, 0.4) is 0 Å². The van der Waals surface area contributed by atoms with Gasteiger partial charge in [0.1, 0.15) is 5.75 Å². The molecule has 4 rings (SSSR count). The number of hydrogen-bond donors (Lipinski definition) is 0. The van der Waals surface area contributed by atoms with Gasteiger partial charge in [0.15, 0.2) is 17.6 Å². The summed E-state index contributed by atoms with van der Waals surface area (Å²) in [6.45, 7) is 10.4. The highest BCUT2D eigenvalue weighted by atomic mass is 16.7. The number of hydrogen-bond acceptors (Lipinski definition) is 5. The predicted octanol–water partition coefficient (Wildman–Crippen LogP) is 3.53. The highest BCUT2D eigenvalue weighted by molar-refractivity contribution is 5.81. The molecule has 6 heteroatoms. The van der Waals surface area contributed by atoms with Gasteiger partial charge in [-0.1, -0.05) is 25.1 Å². The molecular weight excluding hydrogens is 380 g/mol. The predicted molar refractivity (Wildman–Crippen MR) is 115 cm³/mol. The third-order valence-electron chi connectivity index (χ3n) is 6.00. The molecular formula is C24H30N2O4. The van der Waals surface area contributed by atoms with E-state index in [1.807, 2.05) is 43.0 Å². The first-order valence-electron chi connectivity index (χ1n) is 10.7. The fraction of sp³-hybridized carbons (Fsp3) is 0.458. The van der Waals surface area contributed by atoms with Crippen molar-refractivity contribution < 1.29 is 19.0 Å². The molecule has 1 fully saturated rings. The van der Waals surface area contributed by atoms with Crippen LogP contribution in [0.25, 0.3) is 0 Å². The largest absolute Gasteiger partial charge is 0.480 e. The average molecular weight is 411 g/mol. The molecule has 30 heavy (non-hydrogen) atoms. The van der Waals surface area contributed by atoms with Crippen molar-refractivity contribution in [3.63, 3.8) is 0 Å². The molecule has 0 saturated carbocycles. The van der Waals surface area contributed by atoms with Gasteiger partial charge in [0.25, 0.3) is 5.91 Å². The van der Waals surface area contributed by atoms with E-state index in [0.29, 0.717) is 13.2 Å². The lowest BCUT2D eigenvalue weighted by Gasteiger charge is -2.36. The number of carbonyl (C=O) groups is 1. The Bertz CT molecular complexity index is 906. The first kappa shape index (κ1) is 20.5. The number of aryl methyl sites for hydroxylation is 1. The molecule has 0 bridgehead atoms. The smallest absolute Gasteiger partial charge is 0.263 e. The van der Waals surface area contributed by atoms with Gasteiger partial charge >= 0.3 is 0 Å². The standard InChI is InChI=1S/C24H30N2O4/c1-4-20(30-21-7-5-6-17(2)18(21)3)24(27)26-12-10-25(11-13-26)15-19-8-9-22-23(14-19)29-16-28-22/h5-9,14,20H,4,10-13,15-16H2,1-3H3. The number of rotatable bonds is 6. The molecule has 0 spiro atoms. The van der Waals surface area contributed by atoms with Crippen LogP contribution in [-0.4, -0.2) is 54.8 Å². The second-order valence-corrected chi connectivity index (χ2v) is 8.00. The molecule has 1 amide bonds. The summed E-state index contributed by atoms with van der Waals surface area (Å²) in [5, 5.41) is 0. The van der Waals surface area contributed by atoms with Gasteiger partial charge in [-0.05, 0) is 55.2 Å². The van der Waals surface area contributed by atoms with E-state index in [2.05, 4.69) is 24.0 Å². The maximum atomic E-state index is 13.1. The van der Waals surface area contributed by atoms with Crippen LogP contribution in [-0.2, 0) is 11.3 Å². The molecule has 160 valence electrons. The third-order valence-corrected chi connectivity index (χ3v) is 6.00. The Labute approximate surface area is 178 Å². The topological polar surface area (TPSA) is 51.2 Å². The quantitative estimate of drug-likeness (QED) is 0.729. The lowest BCUT2D eigenvalue weighted by molar-refractivity contribution is -0.140. The minimum atomic E-state index is -0.439. The van der Waals surface area contributed by atoms with Crippen molar-refractivity contribution in [2.24, 2.45) is 0 Å². The van der Waals surface area contributed by atoms with Crippen molar-refractivity contribution in [1.82, 2.24) is 9.80 Å².